The molecule has 0 heterocycles. The van der Waals surface area contributed by atoms with Gasteiger partial charge in [-0.2, -0.15) is 0 Å². The molecular formula is C21H33NO3. The predicted molar refractivity (Wildman–Crippen MR) is 102 cm³/mol. The van der Waals surface area contributed by atoms with Gasteiger partial charge in [0.2, 0.25) is 0 Å². The van der Waals surface area contributed by atoms with Crippen LogP contribution < -0.4 is 0 Å². The molecule has 0 unspecified atom stereocenters. The van der Waals surface area contributed by atoms with Gasteiger partial charge in [0.1, 0.15) is 0 Å². The summed E-state index contributed by atoms with van der Waals surface area (Å²) in [6.45, 7) is 16.9. The van der Waals surface area contributed by atoms with Crippen LogP contribution in [-0.2, 0) is 16.0 Å². The number of carbonyl (C=O) groups excluding carboxylic acids is 1. The van der Waals surface area contributed by atoms with Gasteiger partial charge in [0.15, 0.2) is 5.88 Å². The number of carbonyl (C=O) groups is 1. The van der Waals surface area contributed by atoms with Crippen molar-refractivity contribution in [2.45, 2.75) is 47.6 Å². The van der Waals surface area contributed by atoms with Gasteiger partial charge in [-0.3, -0.25) is 0 Å². The van der Waals surface area contributed by atoms with Crippen molar-refractivity contribution in [2.24, 2.45) is 11.8 Å². The molecule has 0 aliphatic heterocycles. The molecule has 0 fully saturated rings. The molecule has 25 heavy (non-hydrogen) atoms. The molecule has 0 N–H and O–H groups in total. The van der Waals surface area contributed by atoms with Crippen molar-refractivity contribution >= 4 is 5.97 Å². The summed E-state index contributed by atoms with van der Waals surface area (Å²) in [6, 6.07) is 7.59. The molecule has 0 aliphatic carbocycles. The van der Waals surface area contributed by atoms with Crippen molar-refractivity contribution in [1.82, 2.24) is 4.90 Å². The monoisotopic (exact) mass is 347 g/mol. The minimum absolute atomic E-state index is 0.269. The highest BCUT2D eigenvalue weighted by Gasteiger charge is 2.17. The number of nitrogens with zero attached hydrogens (tertiary/aromatic N) is 1. The van der Waals surface area contributed by atoms with Crippen LogP contribution in [0.15, 0.2) is 36.7 Å². The first-order valence-electron chi connectivity index (χ1n) is 9.16. The average molecular weight is 347 g/mol. The Morgan fingerprint density at radius 1 is 1.08 bits per heavy atom. The summed E-state index contributed by atoms with van der Waals surface area (Å²) < 4.78 is 11.2. The van der Waals surface area contributed by atoms with Crippen LogP contribution in [0.25, 0.3) is 0 Å². The van der Waals surface area contributed by atoms with Crippen LogP contribution in [0.5, 0.6) is 0 Å². The molecular weight excluding hydrogens is 314 g/mol. The number of benzene rings is 1. The normalized spacial score (nSPS) is 10.8. The van der Waals surface area contributed by atoms with Gasteiger partial charge in [0, 0.05) is 13.1 Å². The highest BCUT2D eigenvalue weighted by Crippen LogP contribution is 2.17. The lowest BCUT2D eigenvalue weighted by Gasteiger charge is -2.27. The van der Waals surface area contributed by atoms with E-state index in [1.807, 2.05) is 38.1 Å². The standard InChI is InChI=1S/C21H33NO3/c1-7-12-22(18(6)24-14-16(2)3)13-19-10-8-9-11-20(19)21(23)25-15-17(4)5/h8-11,16-17H,6-7,12-15H2,1-5H3. The molecule has 0 amide bonds. The summed E-state index contributed by atoms with van der Waals surface area (Å²) >= 11 is 0. The van der Waals surface area contributed by atoms with Gasteiger partial charge in [0.25, 0.3) is 0 Å². The van der Waals surface area contributed by atoms with Crippen molar-refractivity contribution in [3.8, 4) is 0 Å². The number of hydrogen-bond donors (Lipinski definition) is 0. The molecule has 4 nitrogen and oxygen atoms in total. The van der Waals surface area contributed by atoms with E-state index in [1.165, 1.54) is 0 Å². The van der Waals surface area contributed by atoms with E-state index in [0.717, 1.165) is 18.5 Å². The van der Waals surface area contributed by atoms with Gasteiger partial charge in [-0.05, 0) is 36.5 Å². The molecule has 0 atom stereocenters. The maximum absolute atomic E-state index is 12.4. The van der Waals surface area contributed by atoms with Crippen LogP contribution in [0, 0.1) is 11.8 Å². The van der Waals surface area contributed by atoms with Gasteiger partial charge in [-0.1, -0.05) is 52.8 Å². The zero-order valence-corrected chi connectivity index (χ0v) is 16.4. The Morgan fingerprint density at radius 2 is 1.68 bits per heavy atom. The van der Waals surface area contributed by atoms with Gasteiger partial charge >= 0.3 is 5.97 Å². The largest absolute Gasteiger partial charge is 0.479 e. The van der Waals surface area contributed by atoms with Crippen LogP contribution in [-0.4, -0.2) is 30.6 Å². The van der Waals surface area contributed by atoms with E-state index in [-0.39, 0.29) is 5.97 Å². The number of hydrogen-bond acceptors (Lipinski definition) is 4. The number of rotatable bonds is 11. The van der Waals surface area contributed by atoms with Crippen molar-refractivity contribution in [3.63, 3.8) is 0 Å². The van der Waals surface area contributed by atoms with Crippen molar-refractivity contribution in [1.29, 1.82) is 0 Å². The van der Waals surface area contributed by atoms with Crippen LogP contribution in [0.1, 0.15) is 57.0 Å². The first-order valence-corrected chi connectivity index (χ1v) is 9.16. The first kappa shape index (κ1) is 21.1. The minimum atomic E-state index is -0.269. The van der Waals surface area contributed by atoms with E-state index in [9.17, 15) is 4.79 Å². The lowest BCUT2D eigenvalue weighted by atomic mass is 10.1. The Morgan fingerprint density at radius 3 is 2.28 bits per heavy atom. The maximum Gasteiger partial charge on any atom is 0.338 e. The third kappa shape index (κ3) is 7.63. The van der Waals surface area contributed by atoms with E-state index in [4.69, 9.17) is 9.47 Å². The van der Waals surface area contributed by atoms with E-state index in [1.54, 1.807) is 0 Å². The van der Waals surface area contributed by atoms with Crippen LogP contribution in [0.4, 0.5) is 0 Å². The fourth-order valence-corrected chi connectivity index (χ4v) is 2.30. The summed E-state index contributed by atoms with van der Waals surface area (Å²) in [5.74, 6) is 1.14. The molecule has 140 valence electrons. The van der Waals surface area contributed by atoms with Crippen LogP contribution >= 0.6 is 0 Å². The quantitative estimate of drug-likeness (QED) is 0.423. The van der Waals surface area contributed by atoms with E-state index >= 15 is 0 Å². The topological polar surface area (TPSA) is 38.8 Å². The Hall–Kier alpha value is -1.97. The second-order valence-electron chi connectivity index (χ2n) is 7.17. The van der Waals surface area contributed by atoms with Gasteiger partial charge in [-0.15, -0.1) is 0 Å². The van der Waals surface area contributed by atoms with E-state index in [2.05, 4.69) is 32.3 Å². The summed E-state index contributed by atoms with van der Waals surface area (Å²) in [5.41, 5.74) is 1.54. The zero-order chi connectivity index (χ0) is 18.8. The number of ether oxygens (including phenoxy) is 2. The molecule has 4 heteroatoms. The van der Waals surface area contributed by atoms with Gasteiger partial charge in [-0.25, -0.2) is 4.79 Å². The molecule has 0 spiro atoms. The molecule has 0 aromatic heterocycles. The maximum atomic E-state index is 12.4. The summed E-state index contributed by atoms with van der Waals surface area (Å²) in [6.07, 6.45) is 0.976. The predicted octanol–water partition coefficient (Wildman–Crippen LogP) is 4.86. The van der Waals surface area contributed by atoms with E-state index < -0.39 is 0 Å². The molecule has 0 bridgehead atoms. The molecule has 0 saturated carbocycles. The molecule has 1 aromatic rings. The average Bonchev–Trinajstić information content (AvgIpc) is 2.57. The summed E-state index contributed by atoms with van der Waals surface area (Å²) in [5, 5.41) is 0. The third-order valence-corrected chi connectivity index (χ3v) is 3.58. The van der Waals surface area contributed by atoms with Crippen molar-refractivity contribution < 1.29 is 14.3 Å². The molecule has 0 saturated heterocycles. The minimum Gasteiger partial charge on any atom is -0.479 e. The SMILES string of the molecule is C=C(OCC(C)C)N(CCC)Cc1ccccc1C(=O)OCC(C)C. The zero-order valence-electron chi connectivity index (χ0n) is 16.4. The second kappa shape index (κ2) is 10.8. The Bertz CT molecular complexity index is 552. The van der Waals surface area contributed by atoms with E-state index in [0.29, 0.717) is 43.0 Å². The molecule has 0 radical (unpaired) electrons. The smallest absolute Gasteiger partial charge is 0.338 e. The van der Waals surface area contributed by atoms with Crippen LogP contribution in [0.2, 0.25) is 0 Å². The molecule has 1 aromatic carbocycles. The van der Waals surface area contributed by atoms with Gasteiger partial charge < -0.3 is 14.4 Å². The van der Waals surface area contributed by atoms with Crippen LogP contribution in [0.3, 0.4) is 0 Å². The Balaban J connectivity index is 2.86. The van der Waals surface area contributed by atoms with Crippen molar-refractivity contribution in [3.05, 3.63) is 47.9 Å². The van der Waals surface area contributed by atoms with Crippen molar-refractivity contribution in [2.75, 3.05) is 19.8 Å². The highest BCUT2D eigenvalue weighted by atomic mass is 16.5. The Kier molecular flexibility index (Phi) is 9.11. The van der Waals surface area contributed by atoms with Gasteiger partial charge in [0.05, 0.1) is 18.8 Å². The highest BCUT2D eigenvalue weighted by molar-refractivity contribution is 5.91. The second-order valence-corrected chi connectivity index (χ2v) is 7.17. The Labute approximate surface area is 152 Å². The summed E-state index contributed by atoms with van der Waals surface area (Å²) in [7, 11) is 0. The molecule has 0 aliphatic rings. The molecule has 1 rings (SSSR count). The third-order valence-electron chi connectivity index (χ3n) is 3.58. The first-order chi connectivity index (χ1) is 11.8. The number of esters is 1. The lowest BCUT2D eigenvalue weighted by molar-refractivity contribution is 0.0454. The fourth-order valence-electron chi connectivity index (χ4n) is 2.30. The fraction of sp³-hybridized carbons (Fsp3) is 0.571. The summed E-state index contributed by atoms with van der Waals surface area (Å²) in [4.78, 5) is 14.5. The lowest BCUT2D eigenvalue weighted by Crippen LogP contribution is -2.26.